The van der Waals surface area contributed by atoms with Crippen molar-refractivity contribution in [2.45, 2.75) is 57.5 Å². The van der Waals surface area contributed by atoms with E-state index in [0.717, 1.165) is 37.5 Å². The Morgan fingerprint density at radius 2 is 2.08 bits per heavy atom. The van der Waals surface area contributed by atoms with E-state index in [2.05, 4.69) is 39.8 Å². The summed E-state index contributed by atoms with van der Waals surface area (Å²) in [6.07, 6.45) is 6.77. The molecule has 4 rings (SSSR count). The molecule has 1 fully saturated rings. The van der Waals surface area contributed by atoms with Crippen LogP contribution < -0.4 is 10.1 Å². The molecule has 2 heterocycles. The first-order valence-electron chi connectivity index (χ1n) is 9.04. The van der Waals surface area contributed by atoms with Gasteiger partial charge in [0.05, 0.1) is 6.61 Å². The van der Waals surface area contributed by atoms with Gasteiger partial charge in [0, 0.05) is 31.0 Å². The molecule has 1 aliphatic heterocycles. The average molecular weight is 327 g/mol. The van der Waals surface area contributed by atoms with Crippen LogP contribution in [0.5, 0.6) is 5.75 Å². The molecule has 3 atom stereocenters. The molecule has 24 heavy (non-hydrogen) atoms. The number of aromatic nitrogens is 2. The van der Waals surface area contributed by atoms with Crippen molar-refractivity contribution in [3.8, 4) is 5.75 Å². The number of para-hydroxylation sites is 1. The zero-order valence-electron chi connectivity index (χ0n) is 14.2. The lowest BCUT2D eigenvalue weighted by atomic mass is 10.00. The molecule has 1 aromatic heterocycles. The van der Waals surface area contributed by atoms with E-state index in [-0.39, 0.29) is 0 Å². The van der Waals surface area contributed by atoms with Gasteiger partial charge in [0.25, 0.3) is 0 Å². The Morgan fingerprint density at radius 1 is 1.17 bits per heavy atom. The van der Waals surface area contributed by atoms with E-state index in [1.165, 1.54) is 24.8 Å². The maximum atomic E-state index is 5.88. The molecular formula is C19H25N3O2. The van der Waals surface area contributed by atoms with Gasteiger partial charge in [0.15, 0.2) is 0 Å². The second-order valence-corrected chi connectivity index (χ2v) is 7.04. The Bertz CT molecular complexity index is 685. The van der Waals surface area contributed by atoms with Gasteiger partial charge in [0.1, 0.15) is 5.75 Å². The Balaban J connectivity index is 1.38. The largest absolute Gasteiger partial charge is 0.493 e. The predicted molar refractivity (Wildman–Crippen MR) is 90.9 cm³/mol. The summed E-state index contributed by atoms with van der Waals surface area (Å²) in [5.41, 5.74) is 1.31. The zero-order valence-corrected chi connectivity index (χ0v) is 14.2. The minimum absolute atomic E-state index is 0.401. The lowest BCUT2D eigenvalue weighted by Crippen LogP contribution is -2.31. The lowest BCUT2D eigenvalue weighted by Gasteiger charge is -2.23. The highest BCUT2D eigenvalue weighted by Crippen LogP contribution is 2.35. The second kappa shape index (κ2) is 6.93. The molecule has 0 spiro atoms. The molecule has 1 aromatic carbocycles. The second-order valence-electron chi connectivity index (χ2n) is 7.04. The zero-order chi connectivity index (χ0) is 16.4. The third-order valence-electron chi connectivity index (χ3n) is 5.20. The first kappa shape index (κ1) is 15.6. The Kier molecular flexibility index (Phi) is 4.52. The number of fused-ring (bicyclic) bond motifs is 1. The van der Waals surface area contributed by atoms with Gasteiger partial charge in [0.2, 0.25) is 11.8 Å². The minimum Gasteiger partial charge on any atom is -0.493 e. The molecule has 1 saturated carbocycles. The van der Waals surface area contributed by atoms with Gasteiger partial charge in [-0.1, -0.05) is 18.2 Å². The smallest absolute Gasteiger partial charge is 0.216 e. The third-order valence-corrected chi connectivity index (χ3v) is 5.20. The Labute approximate surface area is 142 Å². The third kappa shape index (κ3) is 3.46. The standard InChI is InChI=1S/C19H25N3O2/c1-13-21-22-19(24-13)12-14-8-9-15(11-14)20-17-6-4-10-23-18-7-3-2-5-16(17)18/h2-3,5,7,14-15,17,20H,4,6,8-12H2,1H3/t14-,15+,17?/m1/s1. The van der Waals surface area contributed by atoms with Crippen LogP contribution in [0.25, 0.3) is 0 Å². The van der Waals surface area contributed by atoms with Crippen LogP contribution in [-0.4, -0.2) is 22.8 Å². The van der Waals surface area contributed by atoms with E-state index in [1.54, 1.807) is 0 Å². The molecular weight excluding hydrogens is 302 g/mol. The first-order chi connectivity index (χ1) is 11.8. The van der Waals surface area contributed by atoms with Gasteiger partial charge in [-0.2, -0.15) is 0 Å². The van der Waals surface area contributed by atoms with Crippen LogP contribution in [0.1, 0.15) is 55.5 Å². The van der Waals surface area contributed by atoms with Gasteiger partial charge in [-0.15, -0.1) is 10.2 Å². The molecule has 2 aliphatic rings. The fraction of sp³-hybridized carbons (Fsp3) is 0.579. The molecule has 0 bridgehead atoms. The summed E-state index contributed by atoms with van der Waals surface area (Å²) in [4.78, 5) is 0. The van der Waals surface area contributed by atoms with Crippen molar-refractivity contribution in [2.75, 3.05) is 6.61 Å². The van der Waals surface area contributed by atoms with E-state index < -0.39 is 0 Å². The van der Waals surface area contributed by atoms with E-state index >= 15 is 0 Å². The van der Waals surface area contributed by atoms with E-state index in [1.807, 2.05) is 6.92 Å². The summed E-state index contributed by atoms with van der Waals surface area (Å²) in [6.45, 7) is 2.67. The summed E-state index contributed by atoms with van der Waals surface area (Å²) in [6, 6.07) is 9.42. The van der Waals surface area contributed by atoms with E-state index in [4.69, 9.17) is 9.15 Å². The molecule has 2 aromatic rings. The molecule has 5 heteroatoms. The molecule has 5 nitrogen and oxygen atoms in total. The Hall–Kier alpha value is -1.88. The van der Waals surface area contributed by atoms with Crippen LogP contribution in [0.4, 0.5) is 0 Å². The number of benzene rings is 1. The number of nitrogens with one attached hydrogen (secondary N) is 1. The maximum absolute atomic E-state index is 5.88. The minimum atomic E-state index is 0.401. The van der Waals surface area contributed by atoms with Crippen LogP contribution in [0, 0.1) is 12.8 Å². The quantitative estimate of drug-likeness (QED) is 0.930. The molecule has 128 valence electrons. The number of hydrogen-bond donors (Lipinski definition) is 1. The summed E-state index contributed by atoms with van der Waals surface area (Å²) < 4.78 is 11.4. The van der Waals surface area contributed by atoms with Crippen molar-refractivity contribution in [3.63, 3.8) is 0 Å². The fourth-order valence-corrected chi connectivity index (χ4v) is 4.06. The highest BCUT2D eigenvalue weighted by molar-refractivity contribution is 5.36. The van der Waals surface area contributed by atoms with Gasteiger partial charge < -0.3 is 14.5 Å². The number of aryl methyl sites for hydroxylation is 1. The van der Waals surface area contributed by atoms with Crippen molar-refractivity contribution >= 4 is 0 Å². The molecule has 0 saturated heterocycles. The lowest BCUT2D eigenvalue weighted by molar-refractivity contribution is 0.314. The summed E-state index contributed by atoms with van der Waals surface area (Å²) in [5, 5.41) is 12.0. The number of ether oxygens (including phenoxy) is 1. The first-order valence-corrected chi connectivity index (χ1v) is 9.04. The molecule has 1 aliphatic carbocycles. The van der Waals surface area contributed by atoms with Gasteiger partial charge in [-0.25, -0.2) is 0 Å². The normalized spacial score (nSPS) is 26.6. The molecule has 0 radical (unpaired) electrons. The highest BCUT2D eigenvalue weighted by atomic mass is 16.5. The number of hydrogen-bond acceptors (Lipinski definition) is 5. The Morgan fingerprint density at radius 3 is 2.96 bits per heavy atom. The number of rotatable bonds is 4. The van der Waals surface area contributed by atoms with Crippen LogP contribution in [0.2, 0.25) is 0 Å². The van der Waals surface area contributed by atoms with Crippen molar-refractivity contribution in [1.29, 1.82) is 0 Å². The topological polar surface area (TPSA) is 60.2 Å². The van der Waals surface area contributed by atoms with Crippen molar-refractivity contribution in [2.24, 2.45) is 5.92 Å². The van der Waals surface area contributed by atoms with Crippen molar-refractivity contribution < 1.29 is 9.15 Å². The van der Waals surface area contributed by atoms with Gasteiger partial charge in [-0.05, 0) is 44.1 Å². The van der Waals surface area contributed by atoms with Crippen LogP contribution in [-0.2, 0) is 6.42 Å². The average Bonchev–Trinajstić information content (AvgIpc) is 3.14. The van der Waals surface area contributed by atoms with Crippen molar-refractivity contribution in [1.82, 2.24) is 15.5 Å². The van der Waals surface area contributed by atoms with Gasteiger partial charge >= 0.3 is 0 Å². The maximum Gasteiger partial charge on any atom is 0.216 e. The predicted octanol–water partition coefficient (Wildman–Crippen LogP) is 3.59. The molecule has 0 amide bonds. The molecule has 1 N–H and O–H groups in total. The SMILES string of the molecule is Cc1nnc(C[C@@H]2CC[C@H](NC3CCCOc4ccccc43)C2)o1. The summed E-state index contributed by atoms with van der Waals surface area (Å²) >= 11 is 0. The van der Waals surface area contributed by atoms with Crippen LogP contribution >= 0.6 is 0 Å². The monoisotopic (exact) mass is 327 g/mol. The summed E-state index contributed by atoms with van der Waals surface area (Å²) in [7, 11) is 0. The fourth-order valence-electron chi connectivity index (χ4n) is 4.06. The van der Waals surface area contributed by atoms with E-state index in [9.17, 15) is 0 Å². The number of nitrogens with zero attached hydrogens (tertiary/aromatic N) is 2. The van der Waals surface area contributed by atoms with Crippen molar-refractivity contribution in [3.05, 3.63) is 41.6 Å². The summed E-state index contributed by atoms with van der Waals surface area (Å²) in [5.74, 6) is 3.13. The van der Waals surface area contributed by atoms with Crippen LogP contribution in [0.15, 0.2) is 28.7 Å². The van der Waals surface area contributed by atoms with Gasteiger partial charge in [-0.3, -0.25) is 0 Å². The van der Waals surface area contributed by atoms with E-state index in [0.29, 0.717) is 23.9 Å². The highest BCUT2D eigenvalue weighted by Gasteiger charge is 2.29. The van der Waals surface area contributed by atoms with Crippen LogP contribution in [0.3, 0.4) is 0 Å². The molecule has 1 unspecified atom stereocenters.